The standard InChI is InChI=1S/C14H25N3O2S/c1-6-11-12(13(18)19)20-14(15-11)17(9-10(2)3)8-7-16(4)5/h10H,6-9H2,1-5H3,(H,18,19). The van der Waals surface area contributed by atoms with Crippen LogP contribution >= 0.6 is 11.3 Å². The summed E-state index contributed by atoms with van der Waals surface area (Å²) in [6.45, 7) is 8.95. The molecule has 1 heterocycles. The molecule has 0 spiro atoms. The van der Waals surface area contributed by atoms with E-state index in [4.69, 9.17) is 0 Å². The summed E-state index contributed by atoms with van der Waals surface area (Å²) >= 11 is 1.29. The van der Waals surface area contributed by atoms with Crippen LogP contribution in [0.5, 0.6) is 0 Å². The zero-order valence-electron chi connectivity index (χ0n) is 13.0. The average molecular weight is 299 g/mol. The van der Waals surface area contributed by atoms with Gasteiger partial charge in [-0.05, 0) is 26.4 Å². The van der Waals surface area contributed by atoms with Gasteiger partial charge in [-0.25, -0.2) is 9.78 Å². The fraction of sp³-hybridized carbons (Fsp3) is 0.714. The summed E-state index contributed by atoms with van der Waals surface area (Å²) in [6, 6.07) is 0. The summed E-state index contributed by atoms with van der Waals surface area (Å²) in [5.74, 6) is -0.359. The Labute approximate surface area is 125 Å². The van der Waals surface area contributed by atoms with E-state index in [0.717, 1.165) is 24.8 Å². The van der Waals surface area contributed by atoms with Gasteiger partial charge in [-0.2, -0.15) is 0 Å². The number of aromatic nitrogens is 1. The lowest BCUT2D eigenvalue weighted by molar-refractivity contribution is 0.0701. The molecule has 0 aromatic carbocycles. The van der Waals surface area contributed by atoms with Crippen LogP contribution in [0, 0.1) is 5.92 Å². The molecule has 1 aromatic rings. The molecule has 114 valence electrons. The Kier molecular flexibility index (Phi) is 6.42. The fourth-order valence-corrected chi connectivity index (χ4v) is 2.94. The van der Waals surface area contributed by atoms with Crippen molar-refractivity contribution in [2.75, 3.05) is 38.6 Å². The highest BCUT2D eigenvalue weighted by Crippen LogP contribution is 2.27. The van der Waals surface area contributed by atoms with Gasteiger partial charge in [0.15, 0.2) is 5.13 Å². The van der Waals surface area contributed by atoms with Gasteiger partial charge in [-0.15, -0.1) is 0 Å². The molecule has 0 unspecified atom stereocenters. The van der Waals surface area contributed by atoms with E-state index < -0.39 is 5.97 Å². The maximum Gasteiger partial charge on any atom is 0.347 e. The van der Waals surface area contributed by atoms with Gasteiger partial charge in [0, 0.05) is 19.6 Å². The number of likely N-dealkylation sites (N-methyl/N-ethyl adjacent to an activating group) is 1. The molecule has 0 radical (unpaired) electrons. The van der Waals surface area contributed by atoms with Crippen molar-refractivity contribution in [1.29, 1.82) is 0 Å². The minimum Gasteiger partial charge on any atom is -0.477 e. The lowest BCUT2D eigenvalue weighted by Gasteiger charge is -2.25. The monoisotopic (exact) mass is 299 g/mol. The highest BCUT2D eigenvalue weighted by atomic mass is 32.1. The molecule has 20 heavy (non-hydrogen) atoms. The topological polar surface area (TPSA) is 56.7 Å². The molecule has 5 nitrogen and oxygen atoms in total. The molecular weight excluding hydrogens is 274 g/mol. The van der Waals surface area contributed by atoms with Crippen LogP contribution in [0.1, 0.15) is 36.1 Å². The number of rotatable bonds is 8. The molecule has 0 aliphatic carbocycles. The van der Waals surface area contributed by atoms with Gasteiger partial charge in [-0.1, -0.05) is 32.1 Å². The molecule has 0 amide bonds. The van der Waals surface area contributed by atoms with Crippen LogP contribution in [0.25, 0.3) is 0 Å². The van der Waals surface area contributed by atoms with E-state index in [2.05, 4.69) is 28.6 Å². The first kappa shape index (κ1) is 16.9. The van der Waals surface area contributed by atoms with Crippen LogP contribution in [0.3, 0.4) is 0 Å². The van der Waals surface area contributed by atoms with E-state index in [0.29, 0.717) is 22.9 Å². The Morgan fingerprint density at radius 1 is 1.35 bits per heavy atom. The molecule has 1 rings (SSSR count). The number of nitrogens with zero attached hydrogens (tertiary/aromatic N) is 3. The molecule has 6 heteroatoms. The zero-order chi connectivity index (χ0) is 15.3. The molecule has 0 saturated heterocycles. The second kappa shape index (κ2) is 7.59. The molecule has 0 bridgehead atoms. The summed E-state index contributed by atoms with van der Waals surface area (Å²) in [6.07, 6.45) is 0.654. The lowest BCUT2D eigenvalue weighted by atomic mass is 10.2. The second-order valence-corrected chi connectivity index (χ2v) is 6.55. The molecule has 1 N–H and O–H groups in total. The number of aromatic carboxylic acids is 1. The highest BCUT2D eigenvalue weighted by Gasteiger charge is 2.20. The maximum atomic E-state index is 11.2. The van der Waals surface area contributed by atoms with Crippen molar-refractivity contribution < 1.29 is 9.90 Å². The highest BCUT2D eigenvalue weighted by molar-refractivity contribution is 7.17. The summed E-state index contributed by atoms with van der Waals surface area (Å²) in [7, 11) is 4.07. The van der Waals surface area contributed by atoms with Crippen LogP contribution in [-0.2, 0) is 6.42 Å². The lowest BCUT2D eigenvalue weighted by Crippen LogP contribution is -2.34. The largest absolute Gasteiger partial charge is 0.477 e. The van der Waals surface area contributed by atoms with E-state index >= 15 is 0 Å². The summed E-state index contributed by atoms with van der Waals surface area (Å²) in [5, 5.41) is 10.1. The third kappa shape index (κ3) is 4.76. The third-order valence-electron chi connectivity index (χ3n) is 2.89. The second-order valence-electron chi connectivity index (χ2n) is 5.57. The quantitative estimate of drug-likeness (QED) is 0.799. The van der Waals surface area contributed by atoms with E-state index in [1.54, 1.807) is 0 Å². The first-order valence-electron chi connectivity index (χ1n) is 6.97. The normalized spacial score (nSPS) is 11.3. The van der Waals surface area contributed by atoms with Crippen molar-refractivity contribution in [1.82, 2.24) is 9.88 Å². The van der Waals surface area contributed by atoms with Gasteiger partial charge in [0.05, 0.1) is 5.69 Å². The van der Waals surface area contributed by atoms with Gasteiger partial charge in [0.25, 0.3) is 0 Å². The van der Waals surface area contributed by atoms with Gasteiger partial charge < -0.3 is 14.9 Å². The number of anilines is 1. The Balaban J connectivity index is 2.97. The fourth-order valence-electron chi connectivity index (χ4n) is 1.91. The maximum absolute atomic E-state index is 11.2. The molecule has 0 fully saturated rings. The Morgan fingerprint density at radius 2 is 2.00 bits per heavy atom. The SMILES string of the molecule is CCc1nc(N(CCN(C)C)CC(C)C)sc1C(=O)O. The van der Waals surface area contributed by atoms with Crippen LogP contribution in [-0.4, -0.2) is 54.7 Å². The smallest absolute Gasteiger partial charge is 0.347 e. The average Bonchev–Trinajstić information content (AvgIpc) is 2.77. The summed E-state index contributed by atoms with van der Waals surface area (Å²) in [4.78, 5) is 20.5. The van der Waals surface area contributed by atoms with Crippen molar-refractivity contribution in [3.63, 3.8) is 0 Å². The van der Waals surface area contributed by atoms with Crippen molar-refractivity contribution in [2.45, 2.75) is 27.2 Å². The number of carbonyl (C=O) groups is 1. The van der Waals surface area contributed by atoms with Crippen LogP contribution in [0.2, 0.25) is 0 Å². The number of hydrogen-bond donors (Lipinski definition) is 1. The van der Waals surface area contributed by atoms with Crippen molar-refractivity contribution in [3.8, 4) is 0 Å². The van der Waals surface area contributed by atoms with Crippen molar-refractivity contribution in [3.05, 3.63) is 10.6 Å². The summed E-state index contributed by atoms with van der Waals surface area (Å²) < 4.78 is 0. The molecule has 0 aliphatic heterocycles. The zero-order valence-corrected chi connectivity index (χ0v) is 13.8. The van der Waals surface area contributed by atoms with Crippen LogP contribution in [0.4, 0.5) is 5.13 Å². The predicted molar refractivity (Wildman–Crippen MR) is 84.1 cm³/mol. The minimum absolute atomic E-state index is 0.376. The molecule has 1 aromatic heterocycles. The molecular formula is C14H25N3O2S. The minimum atomic E-state index is -0.872. The van der Waals surface area contributed by atoms with Crippen LogP contribution < -0.4 is 4.90 Å². The van der Waals surface area contributed by atoms with E-state index in [1.165, 1.54) is 11.3 Å². The summed E-state index contributed by atoms with van der Waals surface area (Å²) in [5.41, 5.74) is 0.691. The predicted octanol–water partition coefficient (Wildman–Crippen LogP) is 2.43. The number of aryl methyl sites for hydroxylation is 1. The Bertz CT molecular complexity index is 444. The van der Waals surface area contributed by atoms with E-state index in [-0.39, 0.29) is 0 Å². The number of hydrogen-bond acceptors (Lipinski definition) is 5. The van der Waals surface area contributed by atoms with E-state index in [9.17, 15) is 9.90 Å². The van der Waals surface area contributed by atoms with Gasteiger partial charge in [-0.3, -0.25) is 0 Å². The third-order valence-corrected chi connectivity index (χ3v) is 4.03. The molecule has 0 atom stereocenters. The number of carboxylic acid groups (broad SMARTS) is 1. The van der Waals surface area contributed by atoms with Crippen LogP contribution in [0.15, 0.2) is 0 Å². The first-order chi connectivity index (χ1) is 9.35. The Morgan fingerprint density at radius 3 is 2.40 bits per heavy atom. The molecule has 0 saturated carbocycles. The van der Waals surface area contributed by atoms with Crippen molar-refractivity contribution in [2.24, 2.45) is 5.92 Å². The first-order valence-corrected chi connectivity index (χ1v) is 7.79. The van der Waals surface area contributed by atoms with Crippen molar-refractivity contribution >= 4 is 22.4 Å². The van der Waals surface area contributed by atoms with E-state index in [1.807, 2.05) is 21.0 Å². The van der Waals surface area contributed by atoms with Gasteiger partial charge in [0.2, 0.25) is 0 Å². The number of carboxylic acids is 1. The number of thiazole rings is 1. The van der Waals surface area contributed by atoms with Gasteiger partial charge in [0.1, 0.15) is 4.88 Å². The van der Waals surface area contributed by atoms with Gasteiger partial charge >= 0.3 is 5.97 Å². The molecule has 0 aliphatic rings. The Hall–Kier alpha value is -1.14.